The van der Waals surface area contributed by atoms with Gasteiger partial charge < -0.3 is 5.32 Å². The number of nitrogens with one attached hydrogen (secondary N) is 1. The van der Waals surface area contributed by atoms with Crippen molar-refractivity contribution in [1.29, 1.82) is 0 Å². The van der Waals surface area contributed by atoms with Crippen molar-refractivity contribution in [2.45, 2.75) is 18.2 Å². The molecule has 0 saturated heterocycles. The third-order valence-corrected chi connectivity index (χ3v) is 4.62. The number of hydrogen-bond acceptors (Lipinski definition) is 3. The van der Waals surface area contributed by atoms with E-state index in [0.717, 1.165) is 27.9 Å². The number of amides is 1. The van der Waals surface area contributed by atoms with Crippen LogP contribution in [-0.4, -0.2) is 16.6 Å². The second-order valence-electron chi connectivity index (χ2n) is 5.22. The number of fused-ring (bicyclic) bond motifs is 1. The van der Waals surface area contributed by atoms with Gasteiger partial charge in [-0.15, -0.1) is 11.8 Å². The molecule has 0 saturated carbocycles. The van der Waals surface area contributed by atoms with E-state index < -0.39 is 0 Å². The van der Waals surface area contributed by atoms with Gasteiger partial charge in [-0.25, -0.2) is 0 Å². The smallest absolute Gasteiger partial charge is 0.234 e. The van der Waals surface area contributed by atoms with Crippen molar-refractivity contribution in [3.05, 3.63) is 66.4 Å². The zero-order valence-corrected chi connectivity index (χ0v) is 13.8. The van der Waals surface area contributed by atoms with Crippen molar-refractivity contribution in [3.8, 4) is 0 Å². The minimum Gasteiger partial charge on any atom is -0.325 e. The minimum absolute atomic E-state index is 0.00353. The maximum absolute atomic E-state index is 12.2. The van der Waals surface area contributed by atoms with Crippen molar-refractivity contribution >= 4 is 34.3 Å². The Labute approximate surface area is 140 Å². The van der Waals surface area contributed by atoms with Gasteiger partial charge in [0.1, 0.15) is 0 Å². The highest BCUT2D eigenvalue weighted by Gasteiger charge is 2.07. The average molecular weight is 322 g/mol. The highest BCUT2D eigenvalue weighted by atomic mass is 32.2. The monoisotopic (exact) mass is 322 g/mol. The summed E-state index contributed by atoms with van der Waals surface area (Å²) in [7, 11) is 0. The lowest BCUT2D eigenvalue weighted by Crippen LogP contribution is -2.14. The predicted molar refractivity (Wildman–Crippen MR) is 96.9 cm³/mol. The van der Waals surface area contributed by atoms with Crippen LogP contribution in [0.1, 0.15) is 12.5 Å². The van der Waals surface area contributed by atoms with E-state index in [2.05, 4.69) is 23.3 Å². The van der Waals surface area contributed by atoms with E-state index in [0.29, 0.717) is 5.75 Å². The van der Waals surface area contributed by atoms with Crippen LogP contribution in [0.4, 0.5) is 5.69 Å². The van der Waals surface area contributed by atoms with Crippen LogP contribution in [-0.2, 0) is 11.2 Å². The van der Waals surface area contributed by atoms with Crippen LogP contribution >= 0.6 is 11.8 Å². The van der Waals surface area contributed by atoms with Crippen molar-refractivity contribution in [1.82, 2.24) is 4.98 Å². The molecule has 0 bridgehead atoms. The Morgan fingerprint density at radius 2 is 1.96 bits per heavy atom. The van der Waals surface area contributed by atoms with Crippen molar-refractivity contribution in [2.24, 2.45) is 0 Å². The van der Waals surface area contributed by atoms with E-state index in [4.69, 9.17) is 0 Å². The van der Waals surface area contributed by atoms with Crippen LogP contribution < -0.4 is 5.32 Å². The van der Waals surface area contributed by atoms with Crippen LogP contribution in [0.5, 0.6) is 0 Å². The molecule has 3 nitrogen and oxygen atoms in total. The number of pyridine rings is 1. The first-order valence-corrected chi connectivity index (χ1v) is 8.60. The number of aromatic nitrogens is 1. The molecule has 0 unspecified atom stereocenters. The summed E-state index contributed by atoms with van der Waals surface area (Å²) in [5.74, 6) is 0.364. The summed E-state index contributed by atoms with van der Waals surface area (Å²) in [6.45, 7) is 2.10. The summed E-state index contributed by atoms with van der Waals surface area (Å²) in [6.07, 6.45) is 2.74. The lowest BCUT2D eigenvalue weighted by atomic mass is 10.1. The Morgan fingerprint density at radius 1 is 1.13 bits per heavy atom. The predicted octanol–water partition coefficient (Wildman–Crippen LogP) is 4.53. The molecule has 0 fully saturated rings. The van der Waals surface area contributed by atoms with Gasteiger partial charge in [-0.1, -0.05) is 37.3 Å². The SMILES string of the molecule is CCc1cccc(NC(=O)CSc2cccc3cccnc23)c1. The topological polar surface area (TPSA) is 42.0 Å². The first-order chi connectivity index (χ1) is 11.3. The zero-order valence-electron chi connectivity index (χ0n) is 13.0. The van der Waals surface area contributed by atoms with Gasteiger partial charge in [-0.3, -0.25) is 9.78 Å². The summed E-state index contributed by atoms with van der Waals surface area (Å²) in [4.78, 5) is 17.6. The molecule has 0 aliphatic rings. The van der Waals surface area contributed by atoms with Crippen LogP contribution in [0.15, 0.2) is 65.7 Å². The molecule has 0 aliphatic heterocycles. The van der Waals surface area contributed by atoms with Crippen LogP contribution in [0, 0.1) is 0 Å². The standard InChI is InChI=1S/C19H18N2OS/c1-2-14-6-3-9-16(12-14)21-18(22)13-23-17-10-4-7-15-8-5-11-20-19(15)17/h3-12H,2,13H2,1H3,(H,21,22). The normalized spacial score (nSPS) is 10.7. The van der Waals surface area contributed by atoms with Gasteiger partial charge in [0.25, 0.3) is 0 Å². The second kappa shape index (κ2) is 7.29. The number of para-hydroxylation sites is 1. The maximum Gasteiger partial charge on any atom is 0.234 e. The number of carbonyl (C=O) groups is 1. The van der Waals surface area contributed by atoms with Crippen LogP contribution in [0.25, 0.3) is 10.9 Å². The largest absolute Gasteiger partial charge is 0.325 e. The molecule has 1 aromatic heterocycles. The van der Waals surface area contributed by atoms with E-state index in [1.807, 2.05) is 48.5 Å². The first kappa shape index (κ1) is 15.6. The third kappa shape index (κ3) is 3.90. The van der Waals surface area contributed by atoms with Crippen molar-refractivity contribution in [3.63, 3.8) is 0 Å². The highest BCUT2D eigenvalue weighted by Crippen LogP contribution is 2.26. The van der Waals surface area contributed by atoms with Crippen molar-refractivity contribution in [2.75, 3.05) is 11.1 Å². The van der Waals surface area contributed by atoms with E-state index in [9.17, 15) is 4.79 Å². The Balaban J connectivity index is 1.66. The highest BCUT2D eigenvalue weighted by molar-refractivity contribution is 8.00. The molecule has 3 rings (SSSR count). The number of anilines is 1. The molecule has 1 amide bonds. The number of benzene rings is 2. The maximum atomic E-state index is 12.2. The molecule has 1 heterocycles. The fourth-order valence-corrected chi connectivity index (χ4v) is 3.24. The van der Waals surface area contributed by atoms with Gasteiger partial charge >= 0.3 is 0 Å². The minimum atomic E-state index is -0.00353. The number of thioether (sulfide) groups is 1. The summed E-state index contributed by atoms with van der Waals surface area (Å²) in [5.41, 5.74) is 3.01. The lowest BCUT2D eigenvalue weighted by Gasteiger charge is -2.08. The summed E-state index contributed by atoms with van der Waals surface area (Å²) in [5, 5.41) is 4.05. The number of nitrogens with zero attached hydrogens (tertiary/aromatic N) is 1. The van der Waals surface area contributed by atoms with E-state index in [-0.39, 0.29) is 5.91 Å². The number of carbonyl (C=O) groups excluding carboxylic acids is 1. The molecule has 0 spiro atoms. The number of aryl methyl sites for hydroxylation is 1. The average Bonchev–Trinajstić information content (AvgIpc) is 2.60. The Kier molecular flexibility index (Phi) is 4.93. The fourth-order valence-electron chi connectivity index (χ4n) is 2.40. The molecular weight excluding hydrogens is 304 g/mol. The molecule has 0 radical (unpaired) electrons. The van der Waals surface area contributed by atoms with Crippen LogP contribution in [0.2, 0.25) is 0 Å². The second-order valence-corrected chi connectivity index (χ2v) is 6.24. The first-order valence-electron chi connectivity index (χ1n) is 7.61. The number of hydrogen-bond donors (Lipinski definition) is 1. The summed E-state index contributed by atoms with van der Waals surface area (Å²) in [6, 6.07) is 17.9. The Bertz CT molecular complexity index is 827. The number of rotatable bonds is 5. The molecule has 2 aromatic carbocycles. The fraction of sp³-hybridized carbons (Fsp3) is 0.158. The molecule has 116 valence electrons. The Morgan fingerprint density at radius 3 is 2.83 bits per heavy atom. The molecule has 3 aromatic rings. The van der Waals surface area contributed by atoms with E-state index >= 15 is 0 Å². The molecule has 23 heavy (non-hydrogen) atoms. The lowest BCUT2D eigenvalue weighted by molar-refractivity contribution is -0.113. The summed E-state index contributed by atoms with van der Waals surface area (Å²) >= 11 is 1.51. The van der Waals surface area contributed by atoms with Gasteiger partial charge in [0.2, 0.25) is 5.91 Å². The third-order valence-electron chi connectivity index (χ3n) is 3.57. The van der Waals surface area contributed by atoms with Crippen LogP contribution in [0.3, 0.4) is 0 Å². The quantitative estimate of drug-likeness (QED) is 0.702. The zero-order chi connectivity index (χ0) is 16.1. The van der Waals surface area contributed by atoms with Gasteiger partial charge in [0, 0.05) is 22.2 Å². The molecule has 1 N–H and O–H groups in total. The molecular formula is C19H18N2OS. The van der Waals surface area contributed by atoms with Gasteiger partial charge in [0.15, 0.2) is 0 Å². The van der Waals surface area contributed by atoms with Gasteiger partial charge in [-0.05, 0) is 36.2 Å². The Hall–Kier alpha value is -2.33. The molecule has 4 heteroatoms. The van der Waals surface area contributed by atoms with Crippen molar-refractivity contribution < 1.29 is 4.79 Å². The molecule has 0 atom stereocenters. The van der Waals surface area contributed by atoms with E-state index in [1.54, 1.807) is 6.20 Å². The summed E-state index contributed by atoms with van der Waals surface area (Å²) < 4.78 is 0. The molecule has 0 aliphatic carbocycles. The van der Waals surface area contributed by atoms with E-state index in [1.165, 1.54) is 17.3 Å². The van der Waals surface area contributed by atoms with Gasteiger partial charge in [0.05, 0.1) is 11.3 Å². The van der Waals surface area contributed by atoms with Gasteiger partial charge in [-0.2, -0.15) is 0 Å².